The minimum atomic E-state index is 0.467. The van der Waals surface area contributed by atoms with Gasteiger partial charge in [-0.3, -0.25) is 4.57 Å². The van der Waals surface area contributed by atoms with Gasteiger partial charge in [0, 0.05) is 24.6 Å². The zero-order valence-electron chi connectivity index (χ0n) is 12.4. The maximum absolute atomic E-state index is 5.93. The highest BCUT2D eigenvalue weighted by atomic mass is 16.5. The van der Waals surface area contributed by atoms with Crippen LogP contribution in [0.3, 0.4) is 0 Å². The van der Waals surface area contributed by atoms with Gasteiger partial charge < -0.3 is 10.1 Å². The molecule has 1 N–H and O–H groups in total. The number of para-hydroxylation sites is 1. The van der Waals surface area contributed by atoms with E-state index in [1.54, 1.807) is 0 Å². The second kappa shape index (κ2) is 7.27. The molecule has 1 heterocycles. The average Bonchev–Trinajstić information content (AvgIpc) is 3.02. The molecule has 1 aliphatic carbocycles. The molecule has 2 aromatic rings. The van der Waals surface area contributed by atoms with E-state index in [0.29, 0.717) is 6.10 Å². The van der Waals surface area contributed by atoms with Gasteiger partial charge in [0.25, 0.3) is 0 Å². The maximum Gasteiger partial charge on any atom is 0.207 e. The number of rotatable bonds is 6. The number of anilines is 1. The number of nitrogens with zero attached hydrogens (tertiary/aromatic N) is 2. The summed E-state index contributed by atoms with van der Waals surface area (Å²) in [6.07, 6.45) is 10.7. The fourth-order valence-corrected chi connectivity index (χ4v) is 2.85. The Labute approximate surface area is 126 Å². The Morgan fingerprint density at radius 2 is 1.95 bits per heavy atom. The van der Waals surface area contributed by atoms with Crippen molar-refractivity contribution in [3.8, 4) is 5.69 Å². The number of benzene rings is 1. The van der Waals surface area contributed by atoms with E-state index in [1.807, 2.05) is 30.6 Å². The Kier molecular flexibility index (Phi) is 4.90. The molecule has 0 atom stereocenters. The van der Waals surface area contributed by atoms with Crippen LogP contribution in [0.5, 0.6) is 0 Å². The standard InChI is InChI=1S/C17H23N3O/c1-3-7-15(8-4-1)20-13-11-18-17(20)19-12-14-21-16-9-5-2-6-10-16/h1,3-4,7-8,11,13,16H,2,5-6,9-10,12,14H2,(H,18,19). The molecule has 4 nitrogen and oxygen atoms in total. The van der Waals surface area contributed by atoms with Gasteiger partial charge in [-0.25, -0.2) is 4.98 Å². The topological polar surface area (TPSA) is 39.1 Å². The van der Waals surface area contributed by atoms with Crippen LogP contribution in [0.4, 0.5) is 5.95 Å². The van der Waals surface area contributed by atoms with Gasteiger partial charge in [0.2, 0.25) is 5.95 Å². The molecule has 4 heteroatoms. The van der Waals surface area contributed by atoms with Crippen LogP contribution in [0.2, 0.25) is 0 Å². The molecule has 1 fully saturated rings. The van der Waals surface area contributed by atoms with Crippen LogP contribution < -0.4 is 5.32 Å². The Morgan fingerprint density at radius 3 is 2.76 bits per heavy atom. The number of aromatic nitrogens is 2. The number of hydrogen-bond acceptors (Lipinski definition) is 3. The third kappa shape index (κ3) is 3.85. The van der Waals surface area contributed by atoms with E-state index in [0.717, 1.165) is 24.8 Å². The van der Waals surface area contributed by atoms with Crippen molar-refractivity contribution >= 4 is 5.95 Å². The summed E-state index contributed by atoms with van der Waals surface area (Å²) >= 11 is 0. The Hall–Kier alpha value is -1.81. The highest BCUT2D eigenvalue weighted by Gasteiger charge is 2.13. The quantitative estimate of drug-likeness (QED) is 0.824. The highest BCUT2D eigenvalue weighted by Crippen LogP contribution is 2.20. The summed E-state index contributed by atoms with van der Waals surface area (Å²) in [6.45, 7) is 1.53. The van der Waals surface area contributed by atoms with Crippen LogP contribution in [0.25, 0.3) is 5.69 Å². The summed E-state index contributed by atoms with van der Waals surface area (Å²) in [5.41, 5.74) is 1.12. The van der Waals surface area contributed by atoms with Crippen molar-refractivity contribution in [2.75, 3.05) is 18.5 Å². The molecule has 0 unspecified atom stereocenters. The van der Waals surface area contributed by atoms with Crippen molar-refractivity contribution < 1.29 is 4.74 Å². The summed E-state index contributed by atoms with van der Waals surface area (Å²) in [4.78, 5) is 4.37. The zero-order valence-corrected chi connectivity index (χ0v) is 12.4. The largest absolute Gasteiger partial charge is 0.376 e. The molecule has 0 saturated heterocycles. The molecule has 0 amide bonds. The van der Waals surface area contributed by atoms with Crippen LogP contribution in [-0.4, -0.2) is 28.8 Å². The van der Waals surface area contributed by atoms with Gasteiger partial charge in [-0.1, -0.05) is 37.5 Å². The van der Waals surface area contributed by atoms with Crippen LogP contribution in [-0.2, 0) is 4.74 Å². The van der Waals surface area contributed by atoms with Crippen molar-refractivity contribution in [1.29, 1.82) is 0 Å². The van der Waals surface area contributed by atoms with Crippen LogP contribution >= 0.6 is 0 Å². The van der Waals surface area contributed by atoms with Crippen molar-refractivity contribution in [3.05, 3.63) is 42.7 Å². The third-order valence-corrected chi connectivity index (χ3v) is 3.97. The van der Waals surface area contributed by atoms with Gasteiger partial charge in [0.05, 0.1) is 12.7 Å². The lowest BCUT2D eigenvalue weighted by molar-refractivity contribution is 0.0347. The maximum atomic E-state index is 5.93. The number of nitrogens with one attached hydrogen (secondary N) is 1. The first-order chi connectivity index (χ1) is 10.4. The average molecular weight is 285 g/mol. The minimum Gasteiger partial charge on any atom is -0.376 e. The lowest BCUT2D eigenvalue weighted by atomic mass is 9.98. The number of imidazole rings is 1. The van der Waals surface area contributed by atoms with Gasteiger partial charge in [-0.2, -0.15) is 0 Å². The molecule has 0 aliphatic heterocycles. The van der Waals surface area contributed by atoms with Crippen LogP contribution in [0.15, 0.2) is 42.7 Å². The van der Waals surface area contributed by atoms with E-state index in [-0.39, 0.29) is 0 Å². The smallest absolute Gasteiger partial charge is 0.207 e. The van der Waals surface area contributed by atoms with Gasteiger partial charge >= 0.3 is 0 Å². The van der Waals surface area contributed by atoms with Crippen LogP contribution in [0, 0.1) is 0 Å². The number of ether oxygens (including phenoxy) is 1. The molecule has 1 aromatic carbocycles. The summed E-state index contributed by atoms with van der Waals surface area (Å²) in [6, 6.07) is 10.2. The monoisotopic (exact) mass is 285 g/mol. The Morgan fingerprint density at radius 1 is 1.14 bits per heavy atom. The van der Waals surface area contributed by atoms with Crippen molar-refractivity contribution in [2.45, 2.75) is 38.2 Å². The van der Waals surface area contributed by atoms with Gasteiger partial charge in [0.1, 0.15) is 0 Å². The lowest BCUT2D eigenvalue weighted by Gasteiger charge is -2.22. The summed E-state index contributed by atoms with van der Waals surface area (Å²) in [5.74, 6) is 0.869. The molecular weight excluding hydrogens is 262 g/mol. The second-order valence-electron chi connectivity index (χ2n) is 5.51. The van der Waals surface area contributed by atoms with E-state index in [1.165, 1.54) is 32.1 Å². The molecule has 3 rings (SSSR count). The van der Waals surface area contributed by atoms with Gasteiger partial charge in [0.15, 0.2) is 0 Å². The first-order valence-corrected chi connectivity index (χ1v) is 7.88. The Bertz CT molecular complexity index is 532. The normalized spacial score (nSPS) is 16.0. The first kappa shape index (κ1) is 14.1. The third-order valence-electron chi connectivity index (χ3n) is 3.97. The lowest BCUT2D eigenvalue weighted by Crippen LogP contribution is -2.21. The first-order valence-electron chi connectivity index (χ1n) is 7.88. The van der Waals surface area contributed by atoms with Crippen LogP contribution in [0.1, 0.15) is 32.1 Å². The van der Waals surface area contributed by atoms with E-state index < -0.39 is 0 Å². The molecule has 112 valence electrons. The Balaban J connectivity index is 1.49. The molecule has 1 aromatic heterocycles. The summed E-state index contributed by atoms with van der Waals surface area (Å²) in [5, 5.41) is 3.36. The fraction of sp³-hybridized carbons (Fsp3) is 0.471. The van der Waals surface area contributed by atoms with E-state index in [4.69, 9.17) is 4.74 Å². The van der Waals surface area contributed by atoms with Crippen molar-refractivity contribution in [1.82, 2.24) is 9.55 Å². The number of hydrogen-bond donors (Lipinski definition) is 1. The zero-order chi connectivity index (χ0) is 14.3. The molecule has 1 aliphatic rings. The van der Waals surface area contributed by atoms with E-state index >= 15 is 0 Å². The highest BCUT2D eigenvalue weighted by molar-refractivity contribution is 5.41. The van der Waals surface area contributed by atoms with Gasteiger partial charge in [-0.05, 0) is 25.0 Å². The molecular formula is C17H23N3O. The fourth-order valence-electron chi connectivity index (χ4n) is 2.85. The van der Waals surface area contributed by atoms with E-state index in [9.17, 15) is 0 Å². The summed E-state index contributed by atoms with van der Waals surface area (Å²) in [7, 11) is 0. The SMILES string of the molecule is c1ccc(-n2ccnc2NCCOC2CCCCC2)cc1. The molecule has 0 spiro atoms. The van der Waals surface area contributed by atoms with Gasteiger partial charge in [-0.15, -0.1) is 0 Å². The van der Waals surface area contributed by atoms with Crippen molar-refractivity contribution in [2.24, 2.45) is 0 Å². The predicted octanol–water partition coefficient (Wildman–Crippen LogP) is 3.63. The molecule has 1 saturated carbocycles. The summed E-state index contributed by atoms with van der Waals surface area (Å²) < 4.78 is 7.98. The molecule has 0 radical (unpaired) electrons. The van der Waals surface area contributed by atoms with Crippen molar-refractivity contribution in [3.63, 3.8) is 0 Å². The molecule has 21 heavy (non-hydrogen) atoms. The second-order valence-corrected chi connectivity index (χ2v) is 5.51. The molecule has 0 bridgehead atoms. The minimum absolute atomic E-state index is 0.467. The predicted molar refractivity (Wildman–Crippen MR) is 84.9 cm³/mol. The van der Waals surface area contributed by atoms with E-state index in [2.05, 4.69) is 27.0 Å².